The molecule has 76 valence electrons. The smallest absolute Gasteiger partial charge is 0.0266 e. The Labute approximate surface area is 90.3 Å². The van der Waals surface area contributed by atoms with Gasteiger partial charge in [0.15, 0.2) is 0 Å². The fourth-order valence-corrected chi connectivity index (χ4v) is 2.31. The van der Waals surface area contributed by atoms with Gasteiger partial charge in [-0.3, -0.25) is 0 Å². The van der Waals surface area contributed by atoms with Crippen molar-refractivity contribution in [3.8, 4) is 0 Å². The lowest BCUT2D eigenvalue weighted by molar-refractivity contribution is 0.642. The molecule has 0 bridgehead atoms. The Kier molecular flexibility index (Phi) is 3.14. The molecule has 0 fully saturated rings. The molecule has 1 aromatic rings. The van der Waals surface area contributed by atoms with Crippen LogP contribution in [-0.4, -0.2) is 12.8 Å². The van der Waals surface area contributed by atoms with Crippen LogP contribution in [-0.2, 0) is 13.0 Å². The first kappa shape index (κ1) is 10.1. The molecule has 0 saturated carbocycles. The summed E-state index contributed by atoms with van der Waals surface area (Å²) >= 11 is 1.91. The molecule has 1 aromatic carbocycles. The van der Waals surface area contributed by atoms with Gasteiger partial charge in [-0.15, -0.1) is 0 Å². The van der Waals surface area contributed by atoms with Crippen molar-refractivity contribution in [1.82, 2.24) is 5.32 Å². The van der Waals surface area contributed by atoms with Crippen LogP contribution in [0.3, 0.4) is 0 Å². The van der Waals surface area contributed by atoms with Crippen molar-refractivity contribution in [2.45, 2.75) is 25.1 Å². The molecule has 1 heterocycles. The van der Waals surface area contributed by atoms with E-state index in [4.69, 9.17) is 0 Å². The van der Waals surface area contributed by atoms with E-state index in [0.717, 1.165) is 13.1 Å². The zero-order chi connectivity index (χ0) is 9.97. The topological polar surface area (TPSA) is 12.0 Å². The predicted molar refractivity (Wildman–Crippen MR) is 63.8 cm³/mol. The van der Waals surface area contributed by atoms with E-state index in [0.29, 0.717) is 5.25 Å². The van der Waals surface area contributed by atoms with Gasteiger partial charge in [-0.1, -0.05) is 18.2 Å². The molecule has 1 nitrogen and oxygen atoms in total. The predicted octanol–water partition coefficient (Wildman–Crippen LogP) is 2.76. The lowest BCUT2D eigenvalue weighted by atomic mass is 9.98. The van der Waals surface area contributed by atoms with Crippen molar-refractivity contribution < 1.29 is 0 Å². The molecule has 1 aliphatic heterocycles. The third-order valence-corrected chi connectivity index (χ3v) is 3.92. The Morgan fingerprint density at radius 3 is 3.00 bits per heavy atom. The van der Waals surface area contributed by atoms with Gasteiger partial charge in [-0.2, -0.15) is 11.8 Å². The van der Waals surface area contributed by atoms with E-state index in [1.165, 1.54) is 23.1 Å². The molecule has 1 aliphatic rings. The molecule has 0 spiro atoms. The largest absolute Gasteiger partial charge is 0.312 e. The molecule has 1 unspecified atom stereocenters. The van der Waals surface area contributed by atoms with Crippen LogP contribution in [0, 0.1) is 0 Å². The Hall–Kier alpha value is -0.470. The Morgan fingerprint density at radius 2 is 2.21 bits per heavy atom. The summed E-state index contributed by atoms with van der Waals surface area (Å²) in [7, 11) is 0. The van der Waals surface area contributed by atoms with Crippen molar-refractivity contribution in [2.24, 2.45) is 0 Å². The summed E-state index contributed by atoms with van der Waals surface area (Å²) in [5.41, 5.74) is 4.48. The van der Waals surface area contributed by atoms with E-state index in [1.807, 2.05) is 11.8 Å². The summed E-state index contributed by atoms with van der Waals surface area (Å²) in [5.74, 6) is 0. The van der Waals surface area contributed by atoms with Gasteiger partial charge >= 0.3 is 0 Å². The second-order valence-electron chi connectivity index (χ2n) is 3.83. The van der Waals surface area contributed by atoms with Gasteiger partial charge in [0.05, 0.1) is 0 Å². The summed E-state index contributed by atoms with van der Waals surface area (Å²) in [6.07, 6.45) is 3.35. The van der Waals surface area contributed by atoms with Crippen molar-refractivity contribution in [2.75, 3.05) is 12.8 Å². The minimum atomic E-state index is 0.613. The summed E-state index contributed by atoms with van der Waals surface area (Å²) in [4.78, 5) is 0. The van der Waals surface area contributed by atoms with Crippen LogP contribution in [0.15, 0.2) is 18.2 Å². The molecule has 0 saturated heterocycles. The molecular formula is C12H17NS. The molecule has 2 rings (SSSR count). The summed E-state index contributed by atoms with van der Waals surface area (Å²) in [5, 5.41) is 4.03. The first-order chi connectivity index (χ1) is 6.81. The van der Waals surface area contributed by atoms with Crippen LogP contribution < -0.4 is 5.32 Å². The van der Waals surface area contributed by atoms with E-state index in [9.17, 15) is 0 Å². The normalized spacial score (nSPS) is 17.6. The monoisotopic (exact) mass is 207 g/mol. The van der Waals surface area contributed by atoms with Crippen molar-refractivity contribution >= 4 is 11.8 Å². The zero-order valence-corrected chi connectivity index (χ0v) is 9.66. The quantitative estimate of drug-likeness (QED) is 0.800. The molecule has 1 atom stereocenters. The van der Waals surface area contributed by atoms with Crippen LogP contribution in [0.2, 0.25) is 0 Å². The van der Waals surface area contributed by atoms with Gasteiger partial charge in [-0.25, -0.2) is 0 Å². The van der Waals surface area contributed by atoms with Crippen LogP contribution in [0.25, 0.3) is 0 Å². The molecule has 2 heteroatoms. The molecule has 1 N–H and O–H groups in total. The fourth-order valence-electron chi connectivity index (χ4n) is 1.89. The van der Waals surface area contributed by atoms with E-state index >= 15 is 0 Å². The molecular weight excluding hydrogens is 190 g/mol. The number of benzene rings is 1. The lowest BCUT2D eigenvalue weighted by Crippen LogP contribution is -2.23. The van der Waals surface area contributed by atoms with Crippen LogP contribution in [0.1, 0.15) is 28.9 Å². The number of hydrogen-bond acceptors (Lipinski definition) is 2. The average molecular weight is 207 g/mol. The molecule has 0 radical (unpaired) electrons. The van der Waals surface area contributed by atoms with E-state index in [-0.39, 0.29) is 0 Å². The molecule has 14 heavy (non-hydrogen) atoms. The average Bonchev–Trinajstić information content (AvgIpc) is 2.27. The highest BCUT2D eigenvalue weighted by molar-refractivity contribution is 7.98. The second-order valence-corrected chi connectivity index (χ2v) is 5.01. The number of rotatable bonds is 2. The van der Waals surface area contributed by atoms with Crippen LogP contribution >= 0.6 is 11.8 Å². The second kappa shape index (κ2) is 4.37. The Balaban J connectivity index is 2.29. The van der Waals surface area contributed by atoms with E-state index < -0.39 is 0 Å². The number of fused-ring (bicyclic) bond motifs is 1. The molecule has 0 aromatic heterocycles. The Morgan fingerprint density at radius 1 is 1.36 bits per heavy atom. The minimum Gasteiger partial charge on any atom is -0.312 e. The minimum absolute atomic E-state index is 0.613. The van der Waals surface area contributed by atoms with Crippen LogP contribution in [0.4, 0.5) is 0 Å². The maximum atomic E-state index is 3.42. The highest BCUT2D eigenvalue weighted by Gasteiger charge is 2.10. The van der Waals surface area contributed by atoms with E-state index in [1.54, 1.807) is 0 Å². The fraction of sp³-hybridized carbons (Fsp3) is 0.500. The van der Waals surface area contributed by atoms with Crippen molar-refractivity contribution in [3.05, 3.63) is 34.9 Å². The maximum Gasteiger partial charge on any atom is 0.0266 e. The van der Waals surface area contributed by atoms with E-state index in [2.05, 4.69) is 36.7 Å². The van der Waals surface area contributed by atoms with Crippen molar-refractivity contribution in [3.63, 3.8) is 0 Å². The third kappa shape index (κ3) is 1.96. The number of thioether (sulfide) groups is 1. The first-order valence-corrected chi connectivity index (χ1v) is 6.45. The molecule has 0 amide bonds. The number of nitrogens with one attached hydrogen (secondary N) is 1. The third-order valence-electron chi connectivity index (χ3n) is 2.94. The summed E-state index contributed by atoms with van der Waals surface area (Å²) < 4.78 is 0. The summed E-state index contributed by atoms with van der Waals surface area (Å²) in [6, 6.07) is 6.95. The highest BCUT2D eigenvalue weighted by Crippen LogP contribution is 2.28. The van der Waals surface area contributed by atoms with Gasteiger partial charge in [0.2, 0.25) is 0 Å². The standard InChI is InChI=1S/C12H17NS/c1-9(14-2)11-4-3-10-5-6-13-8-12(10)7-11/h3-4,7,9,13H,5-6,8H2,1-2H3. The zero-order valence-electron chi connectivity index (χ0n) is 8.84. The van der Waals surface area contributed by atoms with Crippen LogP contribution in [0.5, 0.6) is 0 Å². The Bertz CT molecular complexity index is 322. The number of hydrogen-bond donors (Lipinski definition) is 1. The van der Waals surface area contributed by atoms with Gasteiger partial charge in [0.25, 0.3) is 0 Å². The highest BCUT2D eigenvalue weighted by atomic mass is 32.2. The lowest BCUT2D eigenvalue weighted by Gasteiger charge is -2.19. The molecule has 0 aliphatic carbocycles. The first-order valence-electron chi connectivity index (χ1n) is 5.16. The summed E-state index contributed by atoms with van der Waals surface area (Å²) in [6.45, 7) is 4.44. The van der Waals surface area contributed by atoms with Crippen molar-refractivity contribution in [1.29, 1.82) is 0 Å². The maximum absolute atomic E-state index is 3.42. The van der Waals surface area contributed by atoms with Gasteiger partial charge in [0.1, 0.15) is 0 Å². The van der Waals surface area contributed by atoms with Gasteiger partial charge in [-0.05, 0) is 42.8 Å². The van der Waals surface area contributed by atoms with Gasteiger partial charge < -0.3 is 5.32 Å². The SMILES string of the molecule is CSC(C)c1ccc2c(c1)CNCC2. The van der Waals surface area contributed by atoms with Gasteiger partial charge in [0, 0.05) is 11.8 Å².